The van der Waals surface area contributed by atoms with E-state index >= 15 is 0 Å². The van der Waals surface area contributed by atoms with Crippen molar-refractivity contribution in [3.63, 3.8) is 0 Å². The van der Waals surface area contributed by atoms with Crippen molar-refractivity contribution < 1.29 is 52.3 Å². The summed E-state index contributed by atoms with van der Waals surface area (Å²) in [5.74, 6) is -0.541. The van der Waals surface area contributed by atoms with Crippen molar-refractivity contribution in [2.75, 3.05) is 34.0 Å². The van der Waals surface area contributed by atoms with Gasteiger partial charge in [-0.3, -0.25) is 9.59 Å². The monoisotopic (exact) mass is 591 g/mol. The van der Waals surface area contributed by atoms with Gasteiger partial charge in [0.05, 0.1) is 14.2 Å². The van der Waals surface area contributed by atoms with Crippen molar-refractivity contribution in [2.45, 2.75) is 124 Å². The van der Waals surface area contributed by atoms with E-state index in [0.29, 0.717) is 19.4 Å². The first-order valence-electron chi connectivity index (χ1n) is 14.0. The molecule has 0 aromatic rings. The lowest BCUT2D eigenvalue weighted by molar-refractivity contribution is -0.151. The average Bonchev–Trinajstić information content (AvgIpc) is 2.93. The minimum atomic E-state index is -0.793. The van der Waals surface area contributed by atoms with Gasteiger partial charge in [-0.1, -0.05) is 65.7 Å². The van der Waals surface area contributed by atoms with Gasteiger partial charge in [0.15, 0.2) is 0 Å². The lowest BCUT2D eigenvalue weighted by Gasteiger charge is -2.12. The predicted octanol–water partition coefficient (Wildman–Crippen LogP) is 6.63. The first kappa shape index (κ1) is 42.2. The molecule has 0 aliphatic carbocycles. The number of nitrogens with zero attached hydrogens (tertiary/aromatic N) is 1. The van der Waals surface area contributed by atoms with Gasteiger partial charge in [0, 0.05) is 12.8 Å². The Morgan fingerprint density at radius 3 is 1.44 bits per heavy atom. The van der Waals surface area contributed by atoms with Gasteiger partial charge < -0.3 is 33.2 Å². The molecule has 2 atom stereocenters. The zero-order valence-corrected chi connectivity index (χ0v) is 24.9. The van der Waals surface area contributed by atoms with Crippen LogP contribution < -0.4 is 0 Å². The number of carbonyl (C=O) groups is 4. The van der Waals surface area contributed by atoms with Gasteiger partial charge in [0.2, 0.25) is 0 Å². The second kappa shape index (κ2) is 31.3. The smallest absolute Gasteiger partial charge is 0.459 e. The number of hydrogen-bond acceptors (Lipinski definition) is 12. The van der Waals surface area contributed by atoms with E-state index in [-0.39, 0.29) is 32.6 Å². The lowest BCUT2D eigenvalue weighted by atomic mass is 10.1. The fraction of sp³-hybridized carbons (Fsp3) is 0.828. The molecule has 0 radical (unpaired) electrons. The van der Waals surface area contributed by atoms with Crippen LogP contribution in [0.5, 0.6) is 0 Å². The molecule has 0 saturated heterocycles. The molecule has 0 spiro atoms. The predicted molar refractivity (Wildman–Crippen MR) is 152 cm³/mol. The summed E-state index contributed by atoms with van der Waals surface area (Å²) in [6, 6.07) is 0. The van der Waals surface area contributed by atoms with Gasteiger partial charge >= 0.3 is 24.2 Å². The summed E-state index contributed by atoms with van der Waals surface area (Å²) in [6.07, 6.45) is 11.2. The summed E-state index contributed by atoms with van der Waals surface area (Å²) in [7, 11) is 2.45. The first-order chi connectivity index (χ1) is 19.2. The number of rotatable bonds is 21. The van der Waals surface area contributed by atoms with Gasteiger partial charge in [-0.15, -0.1) is 0 Å². The Morgan fingerprint density at radius 1 is 0.659 bits per heavy atom. The standard InChI is InChI=1S/C14H23NO6.C14H26O5.CH4/c1-12(10-20-14(17)18-2)21-13(16)8-6-4-3-5-7-9-19-11-15;1-4-5-6-7-8-9-10-13(15)19-12(2)11-18-14(16)17-3;/h12H,3-10H2,1-2H3;12H,4-11H2,1-3H3;1H4. The maximum absolute atomic E-state index is 11.5. The Morgan fingerprint density at radius 2 is 1.05 bits per heavy atom. The molecule has 0 amide bonds. The van der Waals surface area contributed by atoms with Crippen molar-refractivity contribution in [1.82, 2.24) is 0 Å². The van der Waals surface area contributed by atoms with Crippen LogP contribution in [-0.2, 0) is 42.7 Å². The summed E-state index contributed by atoms with van der Waals surface area (Å²) in [4.78, 5) is 44.4. The maximum atomic E-state index is 11.5. The van der Waals surface area contributed by atoms with Crippen LogP contribution in [-0.4, -0.2) is 70.5 Å². The Hall–Kier alpha value is -3.23. The zero-order chi connectivity index (χ0) is 30.4. The van der Waals surface area contributed by atoms with Crippen molar-refractivity contribution in [3.05, 3.63) is 0 Å². The summed E-state index contributed by atoms with van der Waals surface area (Å²) >= 11 is 0. The Balaban J connectivity index is -0.000000691. The van der Waals surface area contributed by atoms with Crippen LogP contribution in [0, 0.1) is 11.5 Å². The third-order valence-corrected chi connectivity index (χ3v) is 5.30. The highest BCUT2D eigenvalue weighted by molar-refractivity contribution is 5.69. The number of methoxy groups -OCH3 is 2. The van der Waals surface area contributed by atoms with Crippen LogP contribution in [0.15, 0.2) is 0 Å². The van der Waals surface area contributed by atoms with Gasteiger partial charge in [0.1, 0.15) is 32.0 Å². The molecule has 0 rings (SSSR count). The Bertz CT molecular complexity index is 709. The molecule has 0 aliphatic heterocycles. The highest BCUT2D eigenvalue weighted by Gasteiger charge is 2.13. The number of ether oxygens (including phenoxy) is 7. The molecule has 41 heavy (non-hydrogen) atoms. The van der Waals surface area contributed by atoms with E-state index in [4.69, 9.17) is 14.7 Å². The summed E-state index contributed by atoms with van der Waals surface area (Å²) in [5.41, 5.74) is 0. The van der Waals surface area contributed by atoms with Gasteiger partial charge in [-0.2, -0.15) is 5.26 Å². The highest BCUT2D eigenvalue weighted by atomic mass is 16.7. The van der Waals surface area contributed by atoms with E-state index in [1.54, 1.807) is 20.1 Å². The molecule has 0 bridgehead atoms. The molecule has 2 unspecified atom stereocenters. The third-order valence-electron chi connectivity index (χ3n) is 5.30. The Kier molecular flexibility index (Phi) is 32.2. The van der Waals surface area contributed by atoms with Crippen LogP contribution in [0.1, 0.15) is 112 Å². The van der Waals surface area contributed by atoms with E-state index in [9.17, 15) is 19.2 Å². The van der Waals surface area contributed by atoms with Crippen LogP contribution >= 0.6 is 0 Å². The summed E-state index contributed by atoms with van der Waals surface area (Å²) < 4.78 is 32.7. The van der Waals surface area contributed by atoms with E-state index in [2.05, 4.69) is 30.6 Å². The number of nitriles is 1. The molecular weight excluding hydrogens is 538 g/mol. The van der Waals surface area contributed by atoms with E-state index < -0.39 is 24.5 Å². The number of hydrogen-bond donors (Lipinski definition) is 0. The molecule has 0 aromatic carbocycles. The van der Waals surface area contributed by atoms with E-state index in [1.807, 2.05) is 0 Å². The first-order valence-corrected chi connectivity index (χ1v) is 14.0. The SMILES string of the molecule is C.CCCCCCCCC(=O)OC(C)COC(=O)OC.COC(=O)OCC(C)OC(=O)CCCCCCCOC#N. The average molecular weight is 592 g/mol. The molecule has 12 heteroatoms. The van der Waals surface area contributed by atoms with Crippen molar-refractivity contribution in [3.8, 4) is 6.26 Å². The minimum Gasteiger partial charge on any atom is -0.459 e. The third kappa shape index (κ3) is 32.9. The normalized spacial score (nSPS) is 11.1. The van der Waals surface area contributed by atoms with Crippen LogP contribution in [0.25, 0.3) is 0 Å². The second-order valence-corrected chi connectivity index (χ2v) is 9.11. The zero-order valence-electron chi connectivity index (χ0n) is 24.9. The number of unbranched alkanes of at least 4 members (excludes halogenated alkanes) is 9. The molecule has 240 valence electrons. The molecular formula is C29H53NO11. The van der Waals surface area contributed by atoms with Crippen LogP contribution in [0.3, 0.4) is 0 Å². The molecule has 0 saturated carbocycles. The van der Waals surface area contributed by atoms with Crippen LogP contribution in [0.4, 0.5) is 9.59 Å². The topological polar surface area (TPSA) is 157 Å². The fourth-order valence-corrected chi connectivity index (χ4v) is 3.19. The largest absolute Gasteiger partial charge is 0.508 e. The van der Waals surface area contributed by atoms with Gasteiger partial charge in [0.25, 0.3) is 6.26 Å². The van der Waals surface area contributed by atoms with Crippen molar-refractivity contribution >= 4 is 24.2 Å². The molecule has 0 aliphatic rings. The molecule has 0 N–H and O–H groups in total. The van der Waals surface area contributed by atoms with E-state index in [0.717, 1.165) is 44.9 Å². The molecule has 0 aromatic heterocycles. The van der Waals surface area contributed by atoms with Gasteiger partial charge in [-0.25, -0.2) is 9.59 Å². The highest BCUT2D eigenvalue weighted by Crippen LogP contribution is 2.09. The molecule has 0 fully saturated rings. The van der Waals surface area contributed by atoms with Gasteiger partial charge in [-0.05, 0) is 33.1 Å². The van der Waals surface area contributed by atoms with E-state index in [1.165, 1.54) is 39.9 Å². The summed E-state index contributed by atoms with van der Waals surface area (Å²) in [6.45, 7) is 5.97. The number of carbonyl (C=O) groups excluding carboxylic acids is 4. The van der Waals surface area contributed by atoms with Crippen molar-refractivity contribution in [2.24, 2.45) is 0 Å². The Labute approximate surface area is 246 Å². The lowest BCUT2D eigenvalue weighted by Crippen LogP contribution is -2.22. The second-order valence-electron chi connectivity index (χ2n) is 9.11. The fourth-order valence-electron chi connectivity index (χ4n) is 3.19. The number of esters is 2. The molecule has 0 heterocycles. The quantitative estimate of drug-likeness (QED) is 0.0608. The maximum Gasteiger partial charge on any atom is 0.508 e. The van der Waals surface area contributed by atoms with Crippen molar-refractivity contribution in [1.29, 1.82) is 5.26 Å². The minimum absolute atomic E-state index is 0. The summed E-state index contributed by atoms with van der Waals surface area (Å²) in [5, 5.41) is 8.16. The van der Waals surface area contributed by atoms with Crippen LogP contribution in [0.2, 0.25) is 0 Å². The molecule has 12 nitrogen and oxygen atoms in total.